The monoisotopic (exact) mass is 602 g/mol. The van der Waals surface area contributed by atoms with Gasteiger partial charge in [0.2, 0.25) is 0 Å². The maximum Gasteiger partial charge on any atom is 0.416 e. The van der Waals surface area contributed by atoms with Gasteiger partial charge in [-0.25, -0.2) is 9.48 Å². The molecule has 1 aromatic heterocycles. The molecule has 2 aromatic carbocycles. The summed E-state index contributed by atoms with van der Waals surface area (Å²) in [6.45, 7) is 8.29. The average molecular weight is 603 g/mol. The Balaban J connectivity index is 1.53. The Kier molecular flexibility index (Phi) is 9.65. The fourth-order valence-corrected chi connectivity index (χ4v) is 6.04. The first-order valence-corrected chi connectivity index (χ1v) is 17.7. The number of carboxylic acid groups (broad SMARTS) is 1. The van der Waals surface area contributed by atoms with Gasteiger partial charge in [-0.2, -0.15) is 23.5 Å². The maximum atomic E-state index is 13.8. The van der Waals surface area contributed by atoms with Crippen molar-refractivity contribution in [1.29, 1.82) is 5.26 Å². The van der Waals surface area contributed by atoms with Crippen LogP contribution in [0.4, 0.5) is 18.0 Å². The van der Waals surface area contributed by atoms with Gasteiger partial charge < -0.3 is 19.5 Å². The Morgan fingerprint density at radius 2 is 1.81 bits per heavy atom. The molecule has 226 valence electrons. The highest BCUT2D eigenvalue weighted by molar-refractivity contribution is 6.76. The van der Waals surface area contributed by atoms with Crippen molar-refractivity contribution in [3.8, 4) is 6.07 Å². The number of hydrogen-bond donors (Lipinski definition) is 1. The molecule has 0 aliphatic carbocycles. The van der Waals surface area contributed by atoms with Gasteiger partial charge in [0.15, 0.2) is 0 Å². The van der Waals surface area contributed by atoms with Crippen LogP contribution < -0.4 is 0 Å². The third-order valence-electron chi connectivity index (χ3n) is 7.84. The predicted molar refractivity (Wildman–Crippen MR) is 155 cm³/mol. The van der Waals surface area contributed by atoms with Crippen LogP contribution in [0.2, 0.25) is 25.7 Å². The van der Waals surface area contributed by atoms with E-state index >= 15 is 0 Å². The molecule has 1 fully saturated rings. The highest BCUT2D eigenvalue weighted by Crippen LogP contribution is 2.37. The molecule has 1 aliphatic rings. The summed E-state index contributed by atoms with van der Waals surface area (Å²) in [4.78, 5) is 12.9. The van der Waals surface area contributed by atoms with Gasteiger partial charge >= 0.3 is 12.3 Å². The second kappa shape index (κ2) is 12.9. The lowest BCUT2D eigenvalue weighted by Crippen LogP contribution is -2.47. The normalized spacial score (nSPS) is 15.6. The van der Waals surface area contributed by atoms with Crippen molar-refractivity contribution in [2.24, 2.45) is 0 Å². The van der Waals surface area contributed by atoms with E-state index in [9.17, 15) is 28.3 Å². The van der Waals surface area contributed by atoms with E-state index < -0.39 is 31.3 Å². The molecule has 8 nitrogen and oxygen atoms in total. The number of likely N-dealkylation sites (tertiary alicyclic amines) is 1. The Morgan fingerprint density at radius 3 is 2.40 bits per heavy atom. The Labute approximate surface area is 244 Å². The smallest absolute Gasteiger partial charge is 0.416 e. The van der Waals surface area contributed by atoms with Crippen molar-refractivity contribution in [3.05, 3.63) is 64.8 Å². The molecular formula is C30H37F3N4O4Si. The molecule has 4 rings (SSSR count). The summed E-state index contributed by atoms with van der Waals surface area (Å²) >= 11 is 0. The van der Waals surface area contributed by atoms with Crippen LogP contribution in [0.15, 0.2) is 42.5 Å². The molecule has 0 saturated carbocycles. The third kappa shape index (κ3) is 7.51. The highest BCUT2D eigenvalue weighted by atomic mass is 28.3. The van der Waals surface area contributed by atoms with E-state index in [0.717, 1.165) is 23.7 Å². The van der Waals surface area contributed by atoms with Crippen molar-refractivity contribution in [2.75, 3.05) is 32.9 Å². The lowest BCUT2D eigenvalue weighted by Gasteiger charge is -2.41. The number of rotatable bonds is 11. The topological polar surface area (TPSA) is 101 Å². The number of carbonyl (C=O) groups is 1. The summed E-state index contributed by atoms with van der Waals surface area (Å²) in [7, 11) is -1.34. The Hall–Kier alpha value is -3.40. The van der Waals surface area contributed by atoms with E-state index in [1.807, 2.05) is 36.4 Å². The van der Waals surface area contributed by atoms with Gasteiger partial charge in [0.1, 0.15) is 18.5 Å². The van der Waals surface area contributed by atoms with Gasteiger partial charge in [-0.15, -0.1) is 0 Å². The molecule has 0 spiro atoms. The number of alkyl halides is 3. The summed E-state index contributed by atoms with van der Waals surface area (Å²) in [5.41, 5.74) is 0.486. The van der Waals surface area contributed by atoms with Crippen LogP contribution in [-0.4, -0.2) is 66.9 Å². The zero-order valence-electron chi connectivity index (χ0n) is 24.2. The first-order chi connectivity index (χ1) is 19.8. The van der Waals surface area contributed by atoms with Crippen LogP contribution in [0.25, 0.3) is 10.9 Å². The second-order valence-electron chi connectivity index (χ2n) is 12.1. The minimum absolute atomic E-state index is 0.0215. The lowest BCUT2D eigenvalue weighted by molar-refractivity contribution is -0.137. The summed E-state index contributed by atoms with van der Waals surface area (Å²) in [5.74, 6) is 0. The van der Waals surface area contributed by atoms with E-state index in [-0.39, 0.29) is 30.8 Å². The molecule has 0 atom stereocenters. The number of aromatic nitrogens is 2. The number of fused-ring (bicyclic) bond motifs is 1. The van der Waals surface area contributed by atoms with E-state index in [2.05, 4.69) is 24.7 Å². The molecular weight excluding hydrogens is 565 g/mol. The Morgan fingerprint density at radius 1 is 1.12 bits per heavy atom. The summed E-state index contributed by atoms with van der Waals surface area (Å²) in [6, 6.07) is 14.7. The molecule has 1 amide bonds. The van der Waals surface area contributed by atoms with Crippen LogP contribution in [0.1, 0.15) is 35.2 Å². The number of amides is 1. The summed E-state index contributed by atoms with van der Waals surface area (Å²) < 4.78 is 54.7. The molecule has 42 heavy (non-hydrogen) atoms. The van der Waals surface area contributed by atoms with Crippen LogP contribution in [0.5, 0.6) is 0 Å². The van der Waals surface area contributed by atoms with Gasteiger partial charge in [-0.1, -0.05) is 50.0 Å². The van der Waals surface area contributed by atoms with E-state index in [1.54, 1.807) is 0 Å². The van der Waals surface area contributed by atoms with E-state index in [0.29, 0.717) is 50.2 Å². The first-order valence-electron chi connectivity index (χ1n) is 14.0. The van der Waals surface area contributed by atoms with Crippen molar-refractivity contribution in [3.63, 3.8) is 0 Å². The number of halogens is 3. The van der Waals surface area contributed by atoms with E-state index in [1.165, 1.54) is 9.58 Å². The molecule has 12 heteroatoms. The number of ether oxygens (including phenoxy) is 2. The molecule has 1 saturated heterocycles. The number of piperidine rings is 1. The largest absolute Gasteiger partial charge is 0.465 e. The van der Waals surface area contributed by atoms with Gasteiger partial charge in [0.05, 0.1) is 24.3 Å². The second-order valence-corrected chi connectivity index (χ2v) is 17.7. The fraction of sp³-hybridized carbons (Fsp3) is 0.500. The molecule has 3 aromatic rings. The molecule has 0 bridgehead atoms. The Bertz CT molecular complexity index is 1420. The van der Waals surface area contributed by atoms with E-state index in [4.69, 9.17) is 9.47 Å². The van der Waals surface area contributed by atoms with Crippen LogP contribution >= 0.6 is 0 Å². The standard InChI is InChI=1S/C30H37F3N4O4Si/c1-42(2,3)16-15-41-21-37-26(19-34)25-18-24(30(31,32)33)17-22(27(25)35-37)9-14-40-20-29(23-7-5-4-6-8-23)10-12-36(13-11-29)28(38)39/h4-8,17-18H,9-16,20-21H2,1-3H3,(H,38,39). The number of hydrogen-bond acceptors (Lipinski definition) is 5. The molecule has 2 heterocycles. The number of nitrogens with zero attached hydrogens (tertiary/aromatic N) is 4. The number of nitriles is 1. The number of benzene rings is 2. The predicted octanol–water partition coefficient (Wildman–Crippen LogP) is 6.51. The molecule has 0 unspecified atom stereocenters. The van der Waals surface area contributed by atoms with Gasteiger partial charge in [0, 0.05) is 38.6 Å². The maximum absolute atomic E-state index is 13.8. The van der Waals surface area contributed by atoms with Crippen LogP contribution in [0, 0.1) is 11.3 Å². The van der Waals surface area contributed by atoms with Crippen molar-refractivity contribution >= 4 is 25.1 Å². The van der Waals surface area contributed by atoms with Crippen LogP contribution in [0.3, 0.4) is 0 Å². The molecule has 1 N–H and O–H groups in total. The van der Waals surface area contributed by atoms with Gasteiger partial charge in [-0.05, 0) is 48.6 Å². The first kappa shape index (κ1) is 31.5. The van der Waals surface area contributed by atoms with Crippen molar-refractivity contribution < 1.29 is 32.5 Å². The van der Waals surface area contributed by atoms with Crippen LogP contribution in [-0.2, 0) is 34.2 Å². The van der Waals surface area contributed by atoms with Gasteiger partial charge in [0.25, 0.3) is 0 Å². The highest BCUT2D eigenvalue weighted by Gasteiger charge is 2.38. The minimum Gasteiger partial charge on any atom is -0.465 e. The fourth-order valence-electron chi connectivity index (χ4n) is 5.28. The van der Waals surface area contributed by atoms with Crippen molar-refractivity contribution in [1.82, 2.24) is 14.7 Å². The lowest BCUT2D eigenvalue weighted by atomic mass is 9.73. The summed E-state index contributed by atoms with van der Waals surface area (Å²) in [5, 5.41) is 23.8. The van der Waals surface area contributed by atoms with Crippen molar-refractivity contribution in [2.45, 2.75) is 63.3 Å². The quantitative estimate of drug-likeness (QED) is 0.198. The average Bonchev–Trinajstić information content (AvgIpc) is 3.30. The third-order valence-corrected chi connectivity index (χ3v) is 9.54. The zero-order chi connectivity index (χ0) is 30.5. The zero-order valence-corrected chi connectivity index (χ0v) is 25.2. The summed E-state index contributed by atoms with van der Waals surface area (Å²) in [6.07, 6.45) is -4.24. The minimum atomic E-state index is -4.60. The van der Waals surface area contributed by atoms with Gasteiger partial charge in [-0.3, -0.25) is 0 Å². The molecule has 1 aliphatic heterocycles. The molecule has 0 radical (unpaired) electrons. The SMILES string of the molecule is C[Si](C)(C)CCOCn1nc2c(CCOCC3(c4ccccc4)CCN(C(=O)O)CC3)cc(C(F)(F)F)cc2c1C#N.